The van der Waals surface area contributed by atoms with E-state index in [2.05, 4.69) is 0 Å². The largest absolute Gasteiger partial charge is 0.489 e. The van der Waals surface area contributed by atoms with Gasteiger partial charge < -0.3 is 4.74 Å². The predicted molar refractivity (Wildman–Crippen MR) is 151 cm³/mol. The zero-order valence-electron chi connectivity index (χ0n) is 19.0. The Labute approximate surface area is 228 Å². The number of hydrogen-bond donors (Lipinski definition) is 0. The number of likely N-dealkylation sites (N-methyl/N-ethyl adjacent to an activating group) is 1. The number of amides is 1. The third-order valence-electron chi connectivity index (χ3n) is 5.57. The summed E-state index contributed by atoms with van der Waals surface area (Å²) in [5, 5.41) is 5.98. The van der Waals surface area contributed by atoms with Gasteiger partial charge in [-0.15, -0.1) is 0 Å². The second kappa shape index (κ2) is 10.5. The number of benzene rings is 3. The normalized spacial score (nSPS) is 14.6. The summed E-state index contributed by atoms with van der Waals surface area (Å²) in [7, 11) is 1.68. The highest BCUT2D eigenvalue weighted by atomic mass is 35.5. The molecule has 0 saturated carbocycles. The standard InChI is InChI=1S/C27H19Cl2N3O2S2/c1-31-26(33)24(36-27(31)35)13-19-15-32(21-5-3-2-4-6-21)30-25(19)17-8-11-22(12-9-17)34-16-18-7-10-20(28)14-23(18)29/h2-15H,16H2,1H3/b24-13-. The summed E-state index contributed by atoms with van der Waals surface area (Å²) in [6.45, 7) is 0.322. The van der Waals surface area contributed by atoms with Crippen molar-refractivity contribution in [3.63, 3.8) is 0 Å². The van der Waals surface area contributed by atoms with E-state index in [0.717, 1.165) is 28.1 Å². The lowest BCUT2D eigenvalue weighted by Gasteiger charge is -2.09. The number of thioether (sulfide) groups is 1. The van der Waals surface area contributed by atoms with Crippen LogP contribution in [0.1, 0.15) is 11.1 Å². The zero-order chi connectivity index (χ0) is 25.2. The Kier molecular flexibility index (Phi) is 7.16. The van der Waals surface area contributed by atoms with Crippen molar-refractivity contribution in [3.05, 3.63) is 105 Å². The molecule has 5 rings (SSSR count). The molecule has 2 heterocycles. The molecule has 0 atom stereocenters. The molecule has 1 aliphatic rings. The summed E-state index contributed by atoms with van der Waals surface area (Å²) in [4.78, 5) is 14.7. The monoisotopic (exact) mass is 551 g/mol. The number of hydrogen-bond acceptors (Lipinski definition) is 5. The van der Waals surface area contributed by atoms with E-state index in [1.54, 1.807) is 23.9 Å². The maximum absolute atomic E-state index is 12.6. The van der Waals surface area contributed by atoms with Crippen LogP contribution in [0.2, 0.25) is 10.0 Å². The average molecular weight is 553 g/mol. The van der Waals surface area contributed by atoms with Crippen molar-refractivity contribution in [1.29, 1.82) is 0 Å². The maximum Gasteiger partial charge on any atom is 0.265 e. The lowest BCUT2D eigenvalue weighted by Crippen LogP contribution is -2.22. The van der Waals surface area contributed by atoms with Gasteiger partial charge in [0.15, 0.2) is 0 Å². The summed E-state index contributed by atoms with van der Waals surface area (Å²) < 4.78 is 8.26. The number of nitrogens with zero attached hydrogens (tertiary/aromatic N) is 3. The molecule has 4 aromatic rings. The van der Waals surface area contributed by atoms with E-state index in [-0.39, 0.29) is 5.91 Å². The summed E-state index contributed by atoms with van der Waals surface area (Å²) in [6.07, 6.45) is 3.76. The lowest BCUT2D eigenvalue weighted by atomic mass is 10.1. The van der Waals surface area contributed by atoms with Crippen molar-refractivity contribution in [2.75, 3.05) is 7.05 Å². The maximum atomic E-state index is 12.6. The summed E-state index contributed by atoms with van der Waals surface area (Å²) in [5.41, 5.74) is 4.21. The number of thiocarbonyl (C=S) groups is 1. The topological polar surface area (TPSA) is 47.4 Å². The molecule has 0 N–H and O–H groups in total. The van der Waals surface area contributed by atoms with Crippen LogP contribution in [-0.4, -0.2) is 32.0 Å². The van der Waals surface area contributed by atoms with Crippen LogP contribution >= 0.6 is 47.2 Å². The van der Waals surface area contributed by atoms with Crippen LogP contribution in [0, 0.1) is 0 Å². The van der Waals surface area contributed by atoms with Gasteiger partial charge in [-0.1, -0.05) is 71.4 Å². The minimum atomic E-state index is -0.118. The van der Waals surface area contributed by atoms with Gasteiger partial charge in [-0.3, -0.25) is 9.69 Å². The SMILES string of the molecule is CN1C(=O)/C(=C/c2cn(-c3ccccc3)nc2-c2ccc(OCc3ccc(Cl)cc3Cl)cc2)SC1=S. The van der Waals surface area contributed by atoms with Gasteiger partial charge in [-0.25, -0.2) is 4.68 Å². The van der Waals surface area contributed by atoms with Gasteiger partial charge in [-0.2, -0.15) is 5.10 Å². The number of rotatable bonds is 6. The molecule has 0 unspecified atom stereocenters. The first-order valence-electron chi connectivity index (χ1n) is 10.9. The highest BCUT2D eigenvalue weighted by molar-refractivity contribution is 8.26. The molecule has 0 spiro atoms. The Bertz CT molecular complexity index is 1480. The van der Waals surface area contributed by atoms with Crippen molar-refractivity contribution in [2.24, 2.45) is 0 Å². The third kappa shape index (κ3) is 5.20. The minimum absolute atomic E-state index is 0.118. The van der Waals surface area contributed by atoms with Gasteiger partial charge in [-0.05, 0) is 54.6 Å². The van der Waals surface area contributed by atoms with E-state index >= 15 is 0 Å². The molecule has 0 radical (unpaired) electrons. The van der Waals surface area contributed by atoms with E-state index in [4.69, 9.17) is 45.3 Å². The van der Waals surface area contributed by atoms with E-state index < -0.39 is 0 Å². The quantitative estimate of drug-likeness (QED) is 0.186. The van der Waals surface area contributed by atoms with Gasteiger partial charge in [0.05, 0.1) is 16.3 Å². The Hall–Kier alpha value is -3.10. The van der Waals surface area contributed by atoms with Crippen molar-refractivity contribution in [2.45, 2.75) is 6.61 Å². The fourth-order valence-corrected chi connectivity index (χ4v) is 5.26. The molecule has 3 aromatic carbocycles. The van der Waals surface area contributed by atoms with Gasteiger partial charge >= 0.3 is 0 Å². The van der Waals surface area contributed by atoms with Crippen molar-refractivity contribution in [1.82, 2.24) is 14.7 Å². The predicted octanol–water partition coefficient (Wildman–Crippen LogP) is 7.26. The minimum Gasteiger partial charge on any atom is -0.489 e. The van der Waals surface area contributed by atoms with Gasteiger partial charge in [0, 0.05) is 40.0 Å². The smallest absolute Gasteiger partial charge is 0.265 e. The Morgan fingerprint density at radius 1 is 1.06 bits per heavy atom. The Morgan fingerprint density at radius 3 is 2.47 bits per heavy atom. The van der Waals surface area contributed by atoms with Crippen LogP contribution in [-0.2, 0) is 11.4 Å². The third-order valence-corrected chi connectivity index (χ3v) is 7.65. The molecule has 0 bridgehead atoms. The van der Waals surface area contributed by atoms with Crippen LogP contribution in [0.25, 0.3) is 23.0 Å². The second-order valence-electron chi connectivity index (χ2n) is 8.00. The van der Waals surface area contributed by atoms with Gasteiger partial charge in [0.1, 0.15) is 16.7 Å². The Balaban J connectivity index is 1.45. The molecule has 9 heteroatoms. The van der Waals surface area contributed by atoms with Crippen molar-refractivity contribution < 1.29 is 9.53 Å². The van der Waals surface area contributed by atoms with Crippen LogP contribution in [0.15, 0.2) is 83.9 Å². The lowest BCUT2D eigenvalue weighted by molar-refractivity contribution is -0.121. The van der Waals surface area contributed by atoms with Crippen LogP contribution in [0.5, 0.6) is 5.75 Å². The molecule has 1 aromatic heterocycles. The highest BCUT2D eigenvalue weighted by Crippen LogP contribution is 2.34. The van der Waals surface area contributed by atoms with E-state index in [9.17, 15) is 4.79 Å². The molecule has 1 saturated heterocycles. The average Bonchev–Trinajstić information content (AvgIpc) is 3.41. The first kappa shape index (κ1) is 24.6. The van der Waals surface area contributed by atoms with Crippen molar-refractivity contribution in [3.8, 4) is 22.7 Å². The second-order valence-corrected chi connectivity index (χ2v) is 10.5. The number of aromatic nitrogens is 2. The molecule has 1 amide bonds. The molecular weight excluding hydrogens is 533 g/mol. The Morgan fingerprint density at radius 2 is 1.81 bits per heavy atom. The van der Waals surface area contributed by atoms with Crippen molar-refractivity contribution >= 4 is 63.5 Å². The molecule has 1 fully saturated rings. The summed E-state index contributed by atoms with van der Waals surface area (Å²) in [6, 6.07) is 22.8. The number of para-hydroxylation sites is 1. The van der Waals surface area contributed by atoms with E-state index in [1.165, 1.54) is 16.7 Å². The van der Waals surface area contributed by atoms with Gasteiger partial charge in [0.25, 0.3) is 5.91 Å². The van der Waals surface area contributed by atoms with Gasteiger partial charge in [0.2, 0.25) is 0 Å². The van der Waals surface area contributed by atoms with Crippen LogP contribution < -0.4 is 4.74 Å². The van der Waals surface area contributed by atoms with Crippen LogP contribution in [0.3, 0.4) is 0 Å². The molecular formula is C27H19Cl2N3O2S2. The fourth-order valence-electron chi connectivity index (χ4n) is 3.63. The fraction of sp³-hybridized carbons (Fsp3) is 0.0741. The first-order chi connectivity index (χ1) is 17.4. The molecule has 36 heavy (non-hydrogen) atoms. The molecule has 5 nitrogen and oxygen atoms in total. The number of carbonyl (C=O) groups is 1. The number of ether oxygens (including phenoxy) is 1. The summed E-state index contributed by atoms with van der Waals surface area (Å²) in [5.74, 6) is 0.577. The molecule has 180 valence electrons. The number of halogens is 2. The highest BCUT2D eigenvalue weighted by Gasteiger charge is 2.29. The molecule has 0 aliphatic carbocycles. The summed E-state index contributed by atoms with van der Waals surface area (Å²) >= 11 is 18.8. The van der Waals surface area contributed by atoms with E-state index in [0.29, 0.717) is 31.6 Å². The first-order valence-corrected chi connectivity index (χ1v) is 12.9. The molecule has 1 aliphatic heterocycles. The van der Waals surface area contributed by atoms with Crippen LogP contribution in [0.4, 0.5) is 0 Å². The van der Waals surface area contributed by atoms with E-state index in [1.807, 2.05) is 72.9 Å². The zero-order valence-corrected chi connectivity index (χ0v) is 22.2. The number of carbonyl (C=O) groups excluding carboxylic acids is 1.